The Bertz CT molecular complexity index is 1020. The van der Waals surface area contributed by atoms with E-state index in [1.807, 2.05) is 0 Å². The molecule has 1 aromatic carbocycles. The summed E-state index contributed by atoms with van der Waals surface area (Å²) in [5.41, 5.74) is 6.95. The molecule has 1 aliphatic rings. The second-order valence-corrected chi connectivity index (χ2v) is 7.03. The van der Waals surface area contributed by atoms with Crippen molar-refractivity contribution < 1.29 is 13.9 Å². The van der Waals surface area contributed by atoms with Gasteiger partial charge in [-0.2, -0.15) is 4.68 Å². The third kappa shape index (κ3) is 3.51. The van der Waals surface area contributed by atoms with E-state index in [1.54, 1.807) is 25.3 Å². The molecule has 2 atom stereocenters. The summed E-state index contributed by atoms with van der Waals surface area (Å²) in [5, 5.41) is 8.15. The fourth-order valence-corrected chi connectivity index (χ4v) is 3.71. The van der Waals surface area contributed by atoms with Gasteiger partial charge in [0.15, 0.2) is 22.7 Å². The van der Waals surface area contributed by atoms with E-state index in [9.17, 15) is 9.18 Å². The van der Waals surface area contributed by atoms with Gasteiger partial charge in [0.1, 0.15) is 5.82 Å². The van der Waals surface area contributed by atoms with E-state index in [4.69, 9.17) is 10.5 Å². The van der Waals surface area contributed by atoms with Crippen molar-refractivity contribution in [2.75, 3.05) is 6.61 Å². The molecule has 0 spiro atoms. The van der Waals surface area contributed by atoms with E-state index in [0.717, 1.165) is 19.3 Å². The SMILES string of the molecule is CCOc1ccc(-n2nnc3cnc(C[C@@H]4CC[C@@H](C(N)=O)C4)nc32)cc1F. The van der Waals surface area contributed by atoms with Gasteiger partial charge in [-0.25, -0.2) is 14.4 Å². The van der Waals surface area contributed by atoms with Crippen LogP contribution >= 0.6 is 0 Å². The molecule has 2 heterocycles. The molecule has 2 N–H and O–H groups in total. The number of ether oxygens (including phenoxy) is 1. The van der Waals surface area contributed by atoms with Crippen LogP contribution in [0.5, 0.6) is 5.75 Å². The minimum absolute atomic E-state index is 0.0623. The fraction of sp³-hybridized carbons (Fsp3) is 0.421. The summed E-state index contributed by atoms with van der Waals surface area (Å²) in [6.45, 7) is 2.18. The number of primary amides is 1. The Hall–Kier alpha value is -3.10. The lowest BCUT2D eigenvalue weighted by Gasteiger charge is -2.09. The Morgan fingerprint density at radius 2 is 2.25 bits per heavy atom. The quantitative estimate of drug-likeness (QED) is 0.698. The Balaban J connectivity index is 1.60. The van der Waals surface area contributed by atoms with Gasteiger partial charge in [0.05, 0.1) is 18.5 Å². The predicted molar refractivity (Wildman–Crippen MR) is 99.3 cm³/mol. The van der Waals surface area contributed by atoms with Crippen LogP contribution in [0.25, 0.3) is 16.9 Å². The Kier molecular flexibility index (Phi) is 4.89. The molecule has 1 fully saturated rings. The molecular weight excluding hydrogens is 363 g/mol. The first-order chi connectivity index (χ1) is 13.5. The smallest absolute Gasteiger partial charge is 0.220 e. The molecule has 3 aromatic rings. The maximum Gasteiger partial charge on any atom is 0.220 e. The second-order valence-electron chi connectivity index (χ2n) is 7.03. The number of aromatic nitrogens is 5. The van der Waals surface area contributed by atoms with Crippen LogP contribution in [0.4, 0.5) is 4.39 Å². The number of hydrogen-bond acceptors (Lipinski definition) is 6. The van der Waals surface area contributed by atoms with Gasteiger partial charge in [0.2, 0.25) is 5.91 Å². The monoisotopic (exact) mass is 384 g/mol. The minimum Gasteiger partial charge on any atom is -0.491 e. The average Bonchev–Trinajstić information content (AvgIpc) is 3.30. The van der Waals surface area contributed by atoms with Gasteiger partial charge < -0.3 is 10.5 Å². The molecule has 1 aliphatic carbocycles. The Morgan fingerprint density at radius 1 is 1.39 bits per heavy atom. The number of carbonyl (C=O) groups is 1. The number of nitrogens with zero attached hydrogens (tertiary/aromatic N) is 5. The van der Waals surface area contributed by atoms with Crippen LogP contribution in [-0.4, -0.2) is 37.5 Å². The van der Waals surface area contributed by atoms with Crippen LogP contribution < -0.4 is 10.5 Å². The molecule has 1 amide bonds. The Labute approximate surface area is 160 Å². The summed E-state index contributed by atoms with van der Waals surface area (Å²) in [4.78, 5) is 20.3. The highest BCUT2D eigenvalue weighted by molar-refractivity contribution is 5.76. The molecule has 8 nitrogen and oxygen atoms in total. The van der Waals surface area contributed by atoms with Crippen molar-refractivity contribution in [3.05, 3.63) is 36.0 Å². The van der Waals surface area contributed by atoms with Crippen molar-refractivity contribution in [3.8, 4) is 11.4 Å². The zero-order chi connectivity index (χ0) is 19.7. The molecule has 0 bridgehead atoms. The summed E-state index contributed by atoms with van der Waals surface area (Å²) in [7, 11) is 0. The Morgan fingerprint density at radius 3 is 2.96 bits per heavy atom. The van der Waals surface area contributed by atoms with Crippen molar-refractivity contribution in [1.82, 2.24) is 25.0 Å². The number of nitrogens with two attached hydrogens (primary N) is 1. The zero-order valence-corrected chi connectivity index (χ0v) is 15.5. The van der Waals surface area contributed by atoms with Crippen LogP contribution in [0, 0.1) is 17.7 Å². The maximum atomic E-state index is 14.2. The van der Waals surface area contributed by atoms with Crippen LogP contribution in [0.1, 0.15) is 32.0 Å². The highest BCUT2D eigenvalue weighted by Gasteiger charge is 2.29. The normalized spacial score (nSPS) is 19.2. The molecule has 0 unspecified atom stereocenters. The van der Waals surface area contributed by atoms with Crippen LogP contribution in [0.2, 0.25) is 0 Å². The third-order valence-corrected chi connectivity index (χ3v) is 5.12. The van der Waals surface area contributed by atoms with E-state index >= 15 is 0 Å². The zero-order valence-electron chi connectivity index (χ0n) is 15.5. The number of carbonyl (C=O) groups excluding carboxylic acids is 1. The lowest BCUT2D eigenvalue weighted by Crippen LogP contribution is -2.21. The van der Waals surface area contributed by atoms with E-state index in [1.165, 1.54) is 10.7 Å². The molecule has 2 aromatic heterocycles. The molecule has 9 heteroatoms. The van der Waals surface area contributed by atoms with Crippen LogP contribution in [0.3, 0.4) is 0 Å². The van der Waals surface area contributed by atoms with E-state index in [2.05, 4.69) is 20.3 Å². The lowest BCUT2D eigenvalue weighted by atomic mass is 10.0. The first-order valence-corrected chi connectivity index (χ1v) is 9.34. The molecule has 146 valence electrons. The van der Waals surface area contributed by atoms with E-state index < -0.39 is 5.82 Å². The van der Waals surface area contributed by atoms with Gasteiger partial charge in [0, 0.05) is 18.4 Å². The van der Waals surface area contributed by atoms with Crippen molar-refractivity contribution in [2.24, 2.45) is 17.6 Å². The maximum absolute atomic E-state index is 14.2. The van der Waals surface area contributed by atoms with E-state index in [0.29, 0.717) is 41.6 Å². The van der Waals surface area contributed by atoms with Crippen molar-refractivity contribution in [1.29, 1.82) is 0 Å². The molecular formula is C19H21FN6O2. The number of rotatable bonds is 6. The van der Waals surface area contributed by atoms with Gasteiger partial charge in [0.25, 0.3) is 0 Å². The first kappa shape index (κ1) is 18.3. The van der Waals surface area contributed by atoms with Crippen LogP contribution in [-0.2, 0) is 11.2 Å². The van der Waals surface area contributed by atoms with Gasteiger partial charge in [-0.15, -0.1) is 5.10 Å². The predicted octanol–water partition coefficient (Wildman–Crippen LogP) is 2.19. The largest absolute Gasteiger partial charge is 0.491 e. The molecule has 0 aliphatic heterocycles. The van der Waals surface area contributed by atoms with Gasteiger partial charge in [-0.3, -0.25) is 4.79 Å². The number of benzene rings is 1. The highest BCUT2D eigenvalue weighted by atomic mass is 19.1. The van der Waals surface area contributed by atoms with Crippen molar-refractivity contribution in [2.45, 2.75) is 32.6 Å². The number of hydrogen-bond donors (Lipinski definition) is 1. The number of halogens is 1. The molecule has 28 heavy (non-hydrogen) atoms. The number of fused-ring (bicyclic) bond motifs is 1. The summed E-state index contributed by atoms with van der Waals surface area (Å²) in [6, 6.07) is 4.61. The fourth-order valence-electron chi connectivity index (χ4n) is 3.71. The van der Waals surface area contributed by atoms with Crippen molar-refractivity contribution >= 4 is 17.1 Å². The van der Waals surface area contributed by atoms with Crippen LogP contribution in [0.15, 0.2) is 24.4 Å². The highest BCUT2D eigenvalue weighted by Crippen LogP contribution is 2.32. The third-order valence-electron chi connectivity index (χ3n) is 5.12. The summed E-state index contributed by atoms with van der Waals surface area (Å²) < 4.78 is 20.9. The second kappa shape index (κ2) is 7.49. The first-order valence-electron chi connectivity index (χ1n) is 9.34. The van der Waals surface area contributed by atoms with Gasteiger partial charge in [-0.05, 0) is 44.2 Å². The molecule has 1 saturated carbocycles. The van der Waals surface area contributed by atoms with Crippen molar-refractivity contribution in [3.63, 3.8) is 0 Å². The molecule has 0 saturated heterocycles. The lowest BCUT2D eigenvalue weighted by molar-refractivity contribution is -0.121. The average molecular weight is 384 g/mol. The molecule has 4 rings (SSSR count). The topological polar surface area (TPSA) is 109 Å². The standard InChI is InChI=1S/C19H21FN6O2/c1-2-28-16-6-5-13(9-14(16)20)26-19-15(24-25-26)10-22-17(23-19)8-11-3-4-12(7-11)18(21)27/h5-6,9-12H,2-4,7-8H2,1H3,(H2,21,27)/t11-,12-/m1/s1. The van der Waals surface area contributed by atoms with Gasteiger partial charge in [-0.1, -0.05) is 5.21 Å². The molecule has 0 radical (unpaired) electrons. The van der Waals surface area contributed by atoms with E-state index in [-0.39, 0.29) is 17.6 Å². The number of amides is 1. The summed E-state index contributed by atoms with van der Waals surface area (Å²) >= 11 is 0. The summed E-state index contributed by atoms with van der Waals surface area (Å²) in [5.74, 6) is 0.392. The minimum atomic E-state index is -0.472. The summed E-state index contributed by atoms with van der Waals surface area (Å²) in [6.07, 6.45) is 4.78. The van der Waals surface area contributed by atoms with Gasteiger partial charge >= 0.3 is 0 Å².